The van der Waals surface area contributed by atoms with Gasteiger partial charge in [0.2, 0.25) is 10.0 Å². The number of benzene rings is 1. The molecule has 2 rings (SSSR count). The van der Waals surface area contributed by atoms with Crippen molar-refractivity contribution >= 4 is 10.0 Å². The minimum atomic E-state index is -4.36. The van der Waals surface area contributed by atoms with Crippen LogP contribution in [0, 0.1) is 0 Å². The first kappa shape index (κ1) is 17.2. The fourth-order valence-corrected chi connectivity index (χ4v) is 3.81. The molecular formula is C14H18F3NO3S. The van der Waals surface area contributed by atoms with Crippen LogP contribution in [0.2, 0.25) is 0 Å². The van der Waals surface area contributed by atoms with E-state index in [2.05, 4.69) is 4.72 Å². The minimum absolute atomic E-state index is 0.147. The van der Waals surface area contributed by atoms with Crippen molar-refractivity contribution in [3.63, 3.8) is 0 Å². The maximum absolute atomic E-state index is 12.2. The van der Waals surface area contributed by atoms with Crippen LogP contribution in [0.15, 0.2) is 35.2 Å². The van der Waals surface area contributed by atoms with E-state index >= 15 is 0 Å². The van der Waals surface area contributed by atoms with E-state index in [1.54, 1.807) is 18.2 Å². The molecule has 8 heteroatoms. The highest BCUT2D eigenvalue weighted by Gasteiger charge is 2.32. The molecule has 1 fully saturated rings. The highest BCUT2D eigenvalue weighted by Crippen LogP contribution is 2.25. The van der Waals surface area contributed by atoms with Crippen LogP contribution in [0.5, 0.6) is 0 Å². The van der Waals surface area contributed by atoms with E-state index in [1.807, 2.05) is 0 Å². The van der Waals surface area contributed by atoms with Gasteiger partial charge in [0, 0.05) is 6.04 Å². The molecule has 0 unspecified atom stereocenters. The Morgan fingerprint density at radius 2 is 1.86 bits per heavy atom. The number of halogens is 3. The molecule has 2 atom stereocenters. The molecule has 1 aliphatic carbocycles. The van der Waals surface area contributed by atoms with Crippen molar-refractivity contribution in [2.45, 2.75) is 48.9 Å². The third-order valence-electron chi connectivity index (χ3n) is 3.48. The minimum Gasteiger partial charge on any atom is -0.369 e. The first-order valence-electron chi connectivity index (χ1n) is 7.02. The summed E-state index contributed by atoms with van der Waals surface area (Å²) in [5.41, 5.74) is 0. The van der Waals surface area contributed by atoms with E-state index in [9.17, 15) is 21.6 Å². The monoisotopic (exact) mass is 337 g/mol. The summed E-state index contributed by atoms with van der Waals surface area (Å²) in [7, 11) is -3.65. The van der Waals surface area contributed by atoms with Crippen LogP contribution in [0.3, 0.4) is 0 Å². The molecule has 0 spiro atoms. The van der Waals surface area contributed by atoms with E-state index < -0.39 is 35.0 Å². The van der Waals surface area contributed by atoms with Gasteiger partial charge in [0.15, 0.2) is 0 Å². The topological polar surface area (TPSA) is 55.4 Å². The zero-order valence-electron chi connectivity index (χ0n) is 11.8. The van der Waals surface area contributed by atoms with Crippen LogP contribution in [0.25, 0.3) is 0 Å². The van der Waals surface area contributed by atoms with Crippen LogP contribution in [-0.4, -0.2) is 33.3 Å². The second kappa shape index (κ2) is 6.97. The van der Waals surface area contributed by atoms with Gasteiger partial charge in [-0.25, -0.2) is 13.1 Å². The molecule has 1 aromatic rings. The molecule has 1 saturated carbocycles. The Kier molecular flexibility index (Phi) is 5.46. The van der Waals surface area contributed by atoms with Gasteiger partial charge in [-0.15, -0.1) is 0 Å². The molecular weight excluding hydrogens is 319 g/mol. The van der Waals surface area contributed by atoms with E-state index in [-0.39, 0.29) is 11.3 Å². The fourth-order valence-electron chi connectivity index (χ4n) is 2.50. The second-order valence-corrected chi connectivity index (χ2v) is 7.06. The van der Waals surface area contributed by atoms with Gasteiger partial charge in [-0.1, -0.05) is 18.2 Å². The quantitative estimate of drug-likeness (QED) is 0.899. The summed E-state index contributed by atoms with van der Waals surface area (Å²) in [5, 5.41) is 0. The predicted octanol–water partition coefficient (Wildman–Crippen LogP) is 2.86. The maximum atomic E-state index is 12.2. The van der Waals surface area contributed by atoms with Crippen molar-refractivity contribution in [3.05, 3.63) is 30.3 Å². The normalized spacial score (nSPS) is 23.4. The molecule has 0 bridgehead atoms. The van der Waals surface area contributed by atoms with Crippen LogP contribution in [0.4, 0.5) is 13.2 Å². The van der Waals surface area contributed by atoms with E-state index in [4.69, 9.17) is 4.74 Å². The zero-order valence-corrected chi connectivity index (χ0v) is 12.7. The Bertz CT molecular complexity index is 575. The molecule has 1 aromatic carbocycles. The van der Waals surface area contributed by atoms with Crippen LogP contribution in [-0.2, 0) is 14.8 Å². The van der Waals surface area contributed by atoms with Gasteiger partial charge >= 0.3 is 6.18 Å². The number of hydrogen-bond acceptors (Lipinski definition) is 3. The van der Waals surface area contributed by atoms with Crippen molar-refractivity contribution in [3.8, 4) is 0 Å². The number of alkyl halides is 3. The van der Waals surface area contributed by atoms with E-state index in [0.717, 1.165) is 0 Å². The number of sulfonamides is 1. The smallest absolute Gasteiger partial charge is 0.369 e. The van der Waals surface area contributed by atoms with Gasteiger partial charge in [-0.05, 0) is 37.8 Å². The molecule has 0 heterocycles. The van der Waals surface area contributed by atoms with Crippen LogP contribution >= 0.6 is 0 Å². The van der Waals surface area contributed by atoms with Gasteiger partial charge in [-0.3, -0.25) is 0 Å². The SMILES string of the molecule is O=S(=O)(N[C@@H]1CCC[C@H](OCC(F)(F)F)C1)c1ccccc1. The van der Waals surface area contributed by atoms with Gasteiger partial charge in [0.1, 0.15) is 6.61 Å². The molecule has 0 radical (unpaired) electrons. The summed E-state index contributed by atoms with van der Waals surface area (Å²) in [6, 6.07) is 7.49. The van der Waals surface area contributed by atoms with Crippen molar-refractivity contribution in [2.24, 2.45) is 0 Å². The van der Waals surface area contributed by atoms with Crippen molar-refractivity contribution in [1.82, 2.24) is 4.72 Å². The van der Waals surface area contributed by atoms with Gasteiger partial charge < -0.3 is 4.74 Å². The first-order valence-corrected chi connectivity index (χ1v) is 8.50. The Balaban J connectivity index is 1.93. The standard InChI is InChI=1S/C14H18F3NO3S/c15-14(16,17)10-21-12-6-4-5-11(9-12)18-22(19,20)13-7-2-1-3-8-13/h1-3,7-8,11-12,18H,4-6,9-10H2/t11-,12+/m1/s1. The average Bonchev–Trinajstić information content (AvgIpc) is 2.45. The van der Waals surface area contributed by atoms with Crippen LogP contribution < -0.4 is 4.72 Å². The molecule has 1 N–H and O–H groups in total. The highest BCUT2D eigenvalue weighted by atomic mass is 32.2. The lowest BCUT2D eigenvalue weighted by molar-refractivity contribution is -0.188. The number of rotatable bonds is 5. The lowest BCUT2D eigenvalue weighted by Gasteiger charge is -2.29. The predicted molar refractivity (Wildman–Crippen MR) is 74.8 cm³/mol. The van der Waals surface area contributed by atoms with Crippen LogP contribution in [0.1, 0.15) is 25.7 Å². The largest absolute Gasteiger partial charge is 0.411 e. The fraction of sp³-hybridized carbons (Fsp3) is 0.571. The molecule has 0 aliphatic heterocycles. The number of nitrogens with one attached hydrogen (secondary N) is 1. The zero-order chi connectivity index (χ0) is 16.2. The Hall–Kier alpha value is -1.12. The number of ether oxygens (including phenoxy) is 1. The highest BCUT2D eigenvalue weighted by molar-refractivity contribution is 7.89. The Morgan fingerprint density at radius 3 is 2.50 bits per heavy atom. The summed E-state index contributed by atoms with van der Waals surface area (Å²) >= 11 is 0. The molecule has 0 amide bonds. The maximum Gasteiger partial charge on any atom is 0.411 e. The van der Waals surface area contributed by atoms with Crippen molar-refractivity contribution in [2.75, 3.05) is 6.61 Å². The van der Waals surface area contributed by atoms with E-state index in [1.165, 1.54) is 12.1 Å². The van der Waals surface area contributed by atoms with E-state index in [0.29, 0.717) is 19.3 Å². The molecule has 124 valence electrons. The Labute approximate surface area is 127 Å². The Morgan fingerprint density at radius 1 is 1.18 bits per heavy atom. The van der Waals surface area contributed by atoms with Gasteiger partial charge in [0.25, 0.3) is 0 Å². The summed E-state index contributed by atoms with van der Waals surface area (Å²) in [6.07, 6.45) is -2.94. The summed E-state index contributed by atoms with van der Waals surface area (Å²) in [5.74, 6) is 0. The summed E-state index contributed by atoms with van der Waals surface area (Å²) in [4.78, 5) is 0.147. The lowest BCUT2D eigenvalue weighted by atomic mass is 9.93. The molecule has 0 saturated heterocycles. The molecule has 22 heavy (non-hydrogen) atoms. The third kappa shape index (κ3) is 5.26. The summed E-state index contributed by atoms with van der Waals surface area (Å²) in [6.45, 7) is -1.30. The second-order valence-electron chi connectivity index (χ2n) is 5.35. The first-order chi connectivity index (χ1) is 10.3. The van der Waals surface area contributed by atoms with Crippen molar-refractivity contribution in [1.29, 1.82) is 0 Å². The molecule has 0 aromatic heterocycles. The average molecular weight is 337 g/mol. The lowest BCUT2D eigenvalue weighted by Crippen LogP contribution is -2.41. The van der Waals surface area contributed by atoms with Gasteiger partial charge in [0.05, 0.1) is 11.0 Å². The molecule has 4 nitrogen and oxygen atoms in total. The molecule has 1 aliphatic rings. The third-order valence-corrected chi connectivity index (χ3v) is 5.02. The number of hydrogen-bond donors (Lipinski definition) is 1. The summed E-state index contributed by atoms with van der Waals surface area (Å²) < 4.78 is 68.3. The van der Waals surface area contributed by atoms with Gasteiger partial charge in [-0.2, -0.15) is 13.2 Å². The van der Waals surface area contributed by atoms with Crippen molar-refractivity contribution < 1.29 is 26.3 Å².